The van der Waals surface area contributed by atoms with Crippen molar-refractivity contribution >= 4 is 6.09 Å². The van der Waals surface area contributed by atoms with Gasteiger partial charge in [0.1, 0.15) is 5.60 Å². The average Bonchev–Trinajstić information content (AvgIpc) is 2.45. The molecular formula is C19H36N2O2. The second kappa shape index (κ2) is 7.87. The van der Waals surface area contributed by atoms with Gasteiger partial charge in [0, 0.05) is 24.7 Å². The maximum absolute atomic E-state index is 12.7. The van der Waals surface area contributed by atoms with Crippen LogP contribution in [0.4, 0.5) is 4.79 Å². The smallest absolute Gasteiger partial charge is 0.410 e. The molecule has 2 rings (SSSR count). The first-order chi connectivity index (χ1) is 10.8. The molecule has 0 aromatic rings. The van der Waals surface area contributed by atoms with Crippen LogP contribution in [0.15, 0.2) is 0 Å². The Kier molecular flexibility index (Phi) is 6.35. The van der Waals surface area contributed by atoms with Crippen molar-refractivity contribution in [2.45, 2.75) is 103 Å². The van der Waals surface area contributed by atoms with E-state index >= 15 is 0 Å². The minimum absolute atomic E-state index is 0.115. The molecule has 134 valence electrons. The van der Waals surface area contributed by atoms with Crippen LogP contribution in [0.25, 0.3) is 0 Å². The Morgan fingerprint density at radius 3 is 2.39 bits per heavy atom. The van der Waals surface area contributed by atoms with E-state index in [0.29, 0.717) is 24.0 Å². The van der Waals surface area contributed by atoms with Gasteiger partial charge in [-0.2, -0.15) is 0 Å². The maximum atomic E-state index is 12.7. The molecule has 2 aliphatic rings. The van der Waals surface area contributed by atoms with E-state index in [1.54, 1.807) is 0 Å². The number of amides is 1. The van der Waals surface area contributed by atoms with E-state index in [4.69, 9.17) is 4.74 Å². The first-order valence-corrected chi connectivity index (χ1v) is 9.53. The molecule has 3 atom stereocenters. The predicted octanol–water partition coefficient (Wildman–Crippen LogP) is 4.33. The predicted molar refractivity (Wildman–Crippen MR) is 94.6 cm³/mol. The Morgan fingerprint density at radius 1 is 1.09 bits per heavy atom. The number of ether oxygens (including phenoxy) is 1. The lowest BCUT2D eigenvalue weighted by Crippen LogP contribution is -2.55. The number of nitrogens with one attached hydrogen (secondary N) is 1. The van der Waals surface area contributed by atoms with Crippen LogP contribution in [-0.2, 0) is 4.74 Å². The normalized spacial score (nSPS) is 29.7. The summed E-state index contributed by atoms with van der Waals surface area (Å²) in [5.74, 6) is 0.568. The van der Waals surface area contributed by atoms with Gasteiger partial charge < -0.3 is 15.0 Å². The summed E-state index contributed by atoms with van der Waals surface area (Å²) in [4.78, 5) is 14.7. The van der Waals surface area contributed by atoms with Crippen molar-refractivity contribution in [1.29, 1.82) is 0 Å². The monoisotopic (exact) mass is 324 g/mol. The van der Waals surface area contributed by atoms with Gasteiger partial charge in [-0.1, -0.05) is 26.7 Å². The fourth-order valence-electron chi connectivity index (χ4n) is 4.20. The summed E-state index contributed by atoms with van der Waals surface area (Å²) >= 11 is 0. The SMILES string of the molecule is CC(C)NC1CCCCC1C1CCCCN1C(=O)OC(C)(C)C. The van der Waals surface area contributed by atoms with E-state index in [1.165, 1.54) is 32.1 Å². The quantitative estimate of drug-likeness (QED) is 0.840. The first kappa shape index (κ1) is 18.6. The number of carbonyl (C=O) groups is 1. The molecule has 4 nitrogen and oxygen atoms in total. The summed E-state index contributed by atoms with van der Waals surface area (Å²) in [6, 6.07) is 1.38. The topological polar surface area (TPSA) is 41.6 Å². The lowest BCUT2D eigenvalue weighted by molar-refractivity contribution is -0.00560. The summed E-state index contributed by atoms with van der Waals surface area (Å²) < 4.78 is 5.68. The zero-order valence-corrected chi connectivity index (χ0v) is 15.7. The molecule has 1 aliphatic carbocycles. The number of nitrogens with zero attached hydrogens (tertiary/aromatic N) is 1. The molecular weight excluding hydrogens is 288 g/mol. The number of piperidine rings is 1. The zero-order valence-electron chi connectivity index (χ0n) is 15.7. The highest BCUT2D eigenvalue weighted by molar-refractivity contribution is 5.68. The highest BCUT2D eigenvalue weighted by Gasteiger charge is 2.39. The van der Waals surface area contributed by atoms with E-state index in [0.717, 1.165) is 19.4 Å². The van der Waals surface area contributed by atoms with Crippen LogP contribution < -0.4 is 5.32 Å². The van der Waals surface area contributed by atoms with E-state index < -0.39 is 5.60 Å². The molecule has 0 spiro atoms. The molecule has 4 heteroatoms. The molecule has 2 fully saturated rings. The van der Waals surface area contributed by atoms with Crippen molar-refractivity contribution < 1.29 is 9.53 Å². The van der Waals surface area contributed by atoms with Crippen LogP contribution in [0, 0.1) is 5.92 Å². The Bertz CT molecular complexity index is 389. The number of rotatable bonds is 3. The largest absolute Gasteiger partial charge is 0.444 e. The second-order valence-electron chi connectivity index (χ2n) is 8.61. The maximum Gasteiger partial charge on any atom is 0.410 e. The third kappa shape index (κ3) is 5.37. The lowest BCUT2D eigenvalue weighted by atomic mass is 9.76. The van der Waals surface area contributed by atoms with Gasteiger partial charge in [-0.05, 0) is 58.8 Å². The van der Waals surface area contributed by atoms with Gasteiger partial charge in [-0.25, -0.2) is 4.79 Å². The summed E-state index contributed by atoms with van der Waals surface area (Å²) in [7, 11) is 0. The highest BCUT2D eigenvalue weighted by Crippen LogP contribution is 2.35. The Balaban J connectivity index is 2.10. The van der Waals surface area contributed by atoms with E-state index in [2.05, 4.69) is 19.2 Å². The van der Waals surface area contributed by atoms with Crippen LogP contribution in [0.1, 0.15) is 79.6 Å². The van der Waals surface area contributed by atoms with Crippen LogP contribution in [0.5, 0.6) is 0 Å². The molecule has 1 N–H and O–H groups in total. The third-order valence-electron chi connectivity index (χ3n) is 5.04. The van der Waals surface area contributed by atoms with Crippen molar-refractivity contribution in [3.05, 3.63) is 0 Å². The summed E-state index contributed by atoms with van der Waals surface area (Å²) in [6.45, 7) is 11.1. The first-order valence-electron chi connectivity index (χ1n) is 9.53. The fraction of sp³-hybridized carbons (Fsp3) is 0.947. The number of hydrogen-bond donors (Lipinski definition) is 1. The van der Waals surface area contributed by atoms with E-state index in [9.17, 15) is 4.79 Å². The van der Waals surface area contributed by atoms with Crippen LogP contribution in [0.2, 0.25) is 0 Å². The molecule has 1 amide bonds. The Labute approximate surface area is 142 Å². The minimum atomic E-state index is -0.415. The van der Waals surface area contributed by atoms with Crippen molar-refractivity contribution in [1.82, 2.24) is 10.2 Å². The van der Waals surface area contributed by atoms with Crippen molar-refractivity contribution in [3.8, 4) is 0 Å². The molecule has 1 aliphatic heterocycles. The van der Waals surface area contributed by atoms with Crippen molar-refractivity contribution in [2.75, 3.05) is 6.54 Å². The molecule has 0 aromatic carbocycles. The number of carbonyl (C=O) groups excluding carboxylic acids is 1. The van der Waals surface area contributed by atoms with Gasteiger partial charge in [-0.3, -0.25) is 0 Å². The van der Waals surface area contributed by atoms with Crippen LogP contribution in [-0.4, -0.2) is 41.3 Å². The average molecular weight is 325 g/mol. The molecule has 1 saturated heterocycles. The number of hydrogen-bond acceptors (Lipinski definition) is 3. The summed E-state index contributed by atoms with van der Waals surface area (Å²) in [5, 5.41) is 3.76. The van der Waals surface area contributed by atoms with Gasteiger partial charge in [0.25, 0.3) is 0 Å². The summed E-state index contributed by atoms with van der Waals surface area (Å²) in [6.07, 6.45) is 8.41. The standard InChI is InChI=1S/C19H36N2O2/c1-14(2)20-16-11-7-6-10-15(16)17-12-8-9-13-21(17)18(22)23-19(3,4)5/h14-17,20H,6-13H2,1-5H3. The fourth-order valence-corrected chi connectivity index (χ4v) is 4.20. The molecule has 1 saturated carbocycles. The van der Waals surface area contributed by atoms with E-state index in [1.807, 2.05) is 25.7 Å². The van der Waals surface area contributed by atoms with E-state index in [-0.39, 0.29) is 6.09 Å². The van der Waals surface area contributed by atoms with Crippen LogP contribution in [0.3, 0.4) is 0 Å². The molecule has 1 heterocycles. The Morgan fingerprint density at radius 2 is 1.74 bits per heavy atom. The highest BCUT2D eigenvalue weighted by atomic mass is 16.6. The molecule has 23 heavy (non-hydrogen) atoms. The van der Waals surface area contributed by atoms with Gasteiger partial charge in [0.05, 0.1) is 0 Å². The van der Waals surface area contributed by atoms with Gasteiger partial charge in [-0.15, -0.1) is 0 Å². The molecule has 0 bridgehead atoms. The lowest BCUT2D eigenvalue weighted by Gasteiger charge is -2.45. The second-order valence-corrected chi connectivity index (χ2v) is 8.61. The zero-order chi connectivity index (χ0) is 17.0. The van der Waals surface area contributed by atoms with Crippen molar-refractivity contribution in [2.24, 2.45) is 5.92 Å². The summed E-state index contributed by atoms with van der Waals surface area (Å²) in [5.41, 5.74) is -0.415. The Hall–Kier alpha value is -0.770. The third-order valence-corrected chi connectivity index (χ3v) is 5.04. The van der Waals surface area contributed by atoms with Crippen LogP contribution >= 0.6 is 0 Å². The molecule has 0 radical (unpaired) electrons. The number of likely N-dealkylation sites (tertiary alicyclic amines) is 1. The molecule has 0 aromatic heterocycles. The minimum Gasteiger partial charge on any atom is -0.444 e. The van der Waals surface area contributed by atoms with Gasteiger partial charge in [0.2, 0.25) is 0 Å². The molecule has 3 unspecified atom stereocenters. The van der Waals surface area contributed by atoms with Crippen molar-refractivity contribution in [3.63, 3.8) is 0 Å². The van der Waals surface area contributed by atoms with Gasteiger partial charge in [0.15, 0.2) is 0 Å². The van der Waals surface area contributed by atoms with Gasteiger partial charge >= 0.3 is 6.09 Å².